The average molecular weight is 305 g/mol. The van der Waals surface area contributed by atoms with E-state index in [0.29, 0.717) is 0 Å². The first-order valence-corrected chi connectivity index (χ1v) is 7.04. The van der Waals surface area contributed by atoms with E-state index in [1.165, 1.54) is 27.4 Å². The second kappa shape index (κ2) is 6.88. The van der Waals surface area contributed by atoms with Crippen LogP contribution in [0.25, 0.3) is 6.08 Å². The molecular weight excluding hydrogens is 289 g/mol. The van der Waals surface area contributed by atoms with Crippen molar-refractivity contribution < 1.29 is 22.3 Å². The normalized spacial score (nSPS) is 17.1. The first-order chi connectivity index (χ1) is 9.22. The van der Waals surface area contributed by atoms with Crippen LogP contribution in [0, 0.1) is 0 Å². The summed E-state index contributed by atoms with van der Waals surface area (Å²) in [6.07, 6.45) is 3.33. The molecule has 0 spiro atoms. The highest BCUT2D eigenvalue weighted by atomic mass is 32.1. The maximum absolute atomic E-state index is 9.75. The molecule has 0 aromatic carbocycles. The van der Waals surface area contributed by atoms with Crippen LogP contribution < -0.4 is 4.99 Å². The van der Waals surface area contributed by atoms with Crippen LogP contribution in [0.1, 0.15) is 32.1 Å². The number of hydrogen-bond acceptors (Lipinski definition) is 1. The molecule has 1 aliphatic heterocycles. The minimum atomic E-state index is -6.00. The predicted octanol–water partition coefficient (Wildman–Crippen LogP) is 3.67. The van der Waals surface area contributed by atoms with Gasteiger partial charge in [-0.2, -0.15) is 0 Å². The summed E-state index contributed by atoms with van der Waals surface area (Å²) >= 11 is 1.77. The molecule has 0 amide bonds. The van der Waals surface area contributed by atoms with Gasteiger partial charge in [-0.1, -0.05) is 13.0 Å². The summed E-state index contributed by atoms with van der Waals surface area (Å²) in [5.74, 6) is 0. The second-order valence-electron chi connectivity index (χ2n) is 4.28. The van der Waals surface area contributed by atoms with Crippen LogP contribution >= 0.6 is 11.3 Å². The van der Waals surface area contributed by atoms with Crippen LogP contribution in [0.3, 0.4) is 0 Å². The van der Waals surface area contributed by atoms with E-state index in [1.54, 1.807) is 11.3 Å². The topological polar surface area (TPSA) is 14.0 Å². The molecule has 2 heterocycles. The van der Waals surface area contributed by atoms with Crippen LogP contribution in [0.2, 0.25) is 0 Å². The molecule has 1 aliphatic rings. The highest BCUT2D eigenvalue weighted by molar-refractivity contribution is 7.10. The van der Waals surface area contributed by atoms with Gasteiger partial charge in [0.2, 0.25) is 5.70 Å². The van der Waals surface area contributed by atoms with Gasteiger partial charge < -0.3 is 17.3 Å². The second-order valence-corrected chi connectivity index (χ2v) is 5.25. The quantitative estimate of drug-likeness (QED) is 0.633. The fourth-order valence-electron chi connectivity index (χ4n) is 2.01. The molecular formula is C13H16BF4NS. The number of nitrogens with one attached hydrogen (secondary N) is 1. The number of thiophene rings is 1. The van der Waals surface area contributed by atoms with Crippen LogP contribution in [0.4, 0.5) is 17.3 Å². The van der Waals surface area contributed by atoms with Gasteiger partial charge in [-0.15, -0.1) is 11.3 Å². The van der Waals surface area contributed by atoms with Crippen molar-refractivity contribution in [1.82, 2.24) is 0 Å². The Morgan fingerprint density at radius 1 is 1.25 bits per heavy atom. The molecule has 0 unspecified atom stereocenters. The van der Waals surface area contributed by atoms with E-state index in [-0.39, 0.29) is 0 Å². The predicted molar refractivity (Wildman–Crippen MR) is 77.1 cm³/mol. The minimum absolute atomic E-state index is 1.10. The van der Waals surface area contributed by atoms with Gasteiger partial charge >= 0.3 is 7.25 Å². The SMILES string of the molecule is CCC1=C(C)/C(=C\c2cccs2)[NH+]=C1C.F[B-](F)(F)F. The van der Waals surface area contributed by atoms with Crippen molar-refractivity contribution >= 4 is 30.4 Å². The first kappa shape index (κ1) is 16.7. The van der Waals surface area contributed by atoms with Crippen molar-refractivity contribution in [3.63, 3.8) is 0 Å². The van der Waals surface area contributed by atoms with Crippen molar-refractivity contribution in [1.29, 1.82) is 0 Å². The van der Waals surface area contributed by atoms with Crippen molar-refractivity contribution in [2.45, 2.75) is 27.2 Å². The van der Waals surface area contributed by atoms with E-state index in [1.807, 2.05) is 0 Å². The van der Waals surface area contributed by atoms with E-state index >= 15 is 0 Å². The summed E-state index contributed by atoms with van der Waals surface area (Å²) in [5, 5.41) is 2.11. The third kappa shape index (κ3) is 5.32. The highest BCUT2D eigenvalue weighted by Gasteiger charge is 2.22. The molecule has 1 nitrogen and oxygen atoms in total. The van der Waals surface area contributed by atoms with Gasteiger partial charge in [-0.3, -0.25) is 0 Å². The number of hydrogen-bond donors (Lipinski definition) is 1. The standard InChI is InChI=1S/C13H15NS.BF4/c1-4-12-9(2)13(14-10(12)3)8-11-6-5-7-15-11;2-1(3,4)5/h5-8H,4H2,1-3H3;/q;-1/p+1/b13-8+;. The highest BCUT2D eigenvalue weighted by Crippen LogP contribution is 2.20. The van der Waals surface area contributed by atoms with Crippen LogP contribution in [-0.4, -0.2) is 13.0 Å². The molecule has 110 valence electrons. The first-order valence-electron chi connectivity index (χ1n) is 6.16. The Bertz CT molecular complexity index is 535. The lowest BCUT2D eigenvalue weighted by Crippen LogP contribution is -2.67. The Balaban J connectivity index is 0.000000347. The Morgan fingerprint density at radius 3 is 2.25 bits per heavy atom. The summed E-state index contributed by atoms with van der Waals surface area (Å²) < 4.78 is 39.0. The van der Waals surface area contributed by atoms with E-state index in [2.05, 4.69) is 49.4 Å². The largest absolute Gasteiger partial charge is 0.673 e. The van der Waals surface area contributed by atoms with E-state index < -0.39 is 7.25 Å². The van der Waals surface area contributed by atoms with Gasteiger partial charge in [0, 0.05) is 29.0 Å². The van der Waals surface area contributed by atoms with Gasteiger partial charge in [0.05, 0.1) is 0 Å². The van der Waals surface area contributed by atoms with Gasteiger partial charge in [0.15, 0.2) is 5.71 Å². The maximum atomic E-state index is 9.75. The Morgan fingerprint density at radius 2 is 1.85 bits per heavy atom. The average Bonchev–Trinajstić information content (AvgIpc) is 2.87. The lowest BCUT2D eigenvalue weighted by molar-refractivity contribution is -0.386. The third-order valence-corrected chi connectivity index (χ3v) is 3.63. The van der Waals surface area contributed by atoms with Gasteiger partial charge in [0.1, 0.15) is 0 Å². The van der Waals surface area contributed by atoms with Crippen LogP contribution in [0.15, 0.2) is 34.4 Å². The number of rotatable bonds is 2. The molecule has 20 heavy (non-hydrogen) atoms. The lowest BCUT2D eigenvalue weighted by Gasteiger charge is -1.94. The monoisotopic (exact) mass is 305 g/mol. The van der Waals surface area contributed by atoms with Crippen molar-refractivity contribution in [2.75, 3.05) is 0 Å². The molecule has 1 aromatic heterocycles. The van der Waals surface area contributed by atoms with Crippen molar-refractivity contribution in [3.8, 4) is 0 Å². The maximum Gasteiger partial charge on any atom is 0.673 e. The Hall–Kier alpha value is -1.37. The summed E-state index contributed by atoms with van der Waals surface area (Å²) in [5.41, 5.74) is 5.41. The van der Waals surface area contributed by atoms with Gasteiger partial charge in [-0.05, 0) is 24.8 Å². The molecule has 0 atom stereocenters. The number of allylic oxidation sites excluding steroid dienone is 2. The fourth-order valence-corrected chi connectivity index (χ4v) is 2.66. The van der Waals surface area contributed by atoms with Gasteiger partial charge in [-0.25, -0.2) is 4.99 Å². The summed E-state index contributed by atoms with van der Waals surface area (Å²) in [4.78, 5) is 4.76. The molecule has 0 aliphatic carbocycles. The molecule has 1 N–H and O–H groups in total. The molecule has 1 aromatic rings. The van der Waals surface area contributed by atoms with E-state index in [9.17, 15) is 17.3 Å². The Labute approximate surface area is 119 Å². The third-order valence-electron chi connectivity index (χ3n) is 2.81. The molecule has 7 heteroatoms. The smallest absolute Gasteiger partial charge is 0.418 e. The van der Waals surface area contributed by atoms with Crippen LogP contribution in [0.5, 0.6) is 0 Å². The van der Waals surface area contributed by atoms with Crippen molar-refractivity contribution in [2.24, 2.45) is 0 Å². The lowest BCUT2D eigenvalue weighted by atomic mass is 10.0. The molecule has 0 radical (unpaired) electrons. The van der Waals surface area contributed by atoms with Crippen molar-refractivity contribution in [3.05, 3.63) is 39.2 Å². The summed E-state index contributed by atoms with van der Waals surface area (Å²) in [6.45, 7) is 6.55. The summed E-state index contributed by atoms with van der Waals surface area (Å²) in [6, 6.07) is 4.23. The minimum Gasteiger partial charge on any atom is -0.418 e. The molecule has 0 saturated heterocycles. The zero-order valence-electron chi connectivity index (χ0n) is 11.5. The summed E-state index contributed by atoms with van der Waals surface area (Å²) in [7, 11) is -6.00. The number of halogens is 4. The molecule has 2 rings (SSSR count). The molecule has 0 saturated carbocycles. The zero-order chi connectivity index (χ0) is 15.3. The fraction of sp³-hybridized carbons (Fsp3) is 0.308. The molecule has 0 fully saturated rings. The molecule has 0 bridgehead atoms. The van der Waals surface area contributed by atoms with E-state index in [0.717, 1.165) is 6.42 Å². The van der Waals surface area contributed by atoms with Gasteiger partial charge in [0.25, 0.3) is 0 Å². The zero-order valence-corrected chi connectivity index (χ0v) is 12.3. The van der Waals surface area contributed by atoms with E-state index in [4.69, 9.17) is 0 Å². The van der Waals surface area contributed by atoms with Crippen LogP contribution in [-0.2, 0) is 0 Å². The Kier molecular flexibility index (Phi) is 5.74.